The van der Waals surface area contributed by atoms with Gasteiger partial charge in [-0.15, -0.1) is 0 Å². The second-order valence-electron chi connectivity index (χ2n) is 11.6. The summed E-state index contributed by atoms with van der Waals surface area (Å²) in [6.45, 7) is 18.0. The zero-order valence-corrected chi connectivity index (χ0v) is 22.6. The molecule has 1 radical (unpaired) electrons. The lowest BCUT2D eigenvalue weighted by atomic mass is 9.78. The van der Waals surface area contributed by atoms with E-state index < -0.39 is 0 Å². The number of rotatable bonds is 13. The molecule has 0 bridgehead atoms. The second-order valence-corrected chi connectivity index (χ2v) is 14.5. The number of phenols is 1. The van der Waals surface area contributed by atoms with Gasteiger partial charge in [0.15, 0.2) is 0 Å². The quantitative estimate of drug-likeness (QED) is 0.244. The Morgan fingerprint density at radius 2 is 1.13 bits per heavy atom. The number of hydrogen-bond donors (Lipinski definition) is 1. The maximum Gasteiger partial charge on any atom is 0.123 e. The third-order valence-corrected chi connectivity index (χ3v) is 8.73. The van der Waals surface area contributed by atoms with Crippen LogP contribution in [0.3, 0.4) is 0 Å². The lowest BCUT2D eigenvalue weighted by molar-refractivity contribution is 0.422. The zero-order chi connectivity index (χ0) is 22.8. The van der Waals surface area contributed by atoms with Crippen LogP contribution in [0.2, 0.25) is 18.6 Å². The standard InChI is InChI=1S/C28H51OSi/c1-9-10-11-12-13-14-15-16-19-30(8)20-17-18-23-21-24(27(2,3)4)26(29)25(22-23)28(5,6)7/h21-22,29H,9-20H2,1-8H3. The van der Waals surface area contributed by atoms with Crippen LogP contribution < -0.4 is 0 Å². The Bertz CT molecular complexity index is 571. The van der Waals surface area contributed by atoms with E-state index in [0.29, 0.717) is 5.75 Å². The maximum atomic E-state index is 10.9. The SMILES string of the molecule is CCCCCCCCCC[Si](C)CCCc1cc(C(C)(C)C)c(O)c(C(C)(C)C)c1. The fraction of sp³-hybridized carbons (Fsp3) is 0.786. The first-order valence-corrected chi connectivity index (χ1v) is 15.1. The third kappa shape index (κ3) is 10.0. The molecule has 0 unspecified atom stereocenters. The molecule has 0 saturated carbocycles. The minimum atomic E-state index is -0.194. The molecule has 0 fully saturated rings. The van der Waals surface area contributed by atoms with Crippen LogP contribution in [0.15, 0.2) is 12.1 Å². The van der Waals surface area contributed by atoms with Crippen molar-refractivity contribution in [2.75, 3.05) is 0 Å². The van der Waals surface area contributed by atoms with Crippen LogP contribution in [0.4, 0.5) is 0 Å². The molecule has 0 aliphatic heterocycles. The summed E-state index contributed by atoms with van der Waals surface area (Å²) in [5.74, 6) is 0.508. The van der Waals surface area contributed by atoms with E-state index in [1.165, 1.54) is 75.4 Å². The maximum absolute atomic E-state index is 10.9. The fourth-order valence-electron chi connectivity index (χ4n) is 4.26. The number of unbranched alkanes of at least 4 members (excludes halogenated alkanes) is 7. The topological polar surface area (TPSA) is 20.2 Å². The molecular weight excluding hydrogens is 380 g/mol. The van der Waals surface area contributed by atoms with Crippen LogP contribution in [-0.4, -0.2) is 13.9 Å². The van der Waals surface area contributed by atoms with Crippen molar-refractivity contribution < 1.29 is 5.11 Å². The predicted molar refractivity (Wildman–Crippen MR) is 138 cm³/mol. The lowest BCUT2D eigenvalue weighted by Gasteiger charge is -2.28. The normalized spacial score (nSPS) is 12.7. The molecule has 1 aromatic rings. The Labute approximate surface area is 190 Å². The smallest absolute Gasteiger partial charge is 0.123 e. The van der Waals surface area contributed by atoms with Gasteiger partial charge < -0.3 is 5.11 Å². The first kappa shape index (κ1) is 27.3. The summed E-state index contributed by atoms with van der Waals surface area (Å²) in [6.07, 6.45) is 13.8. The van der Waals surface area contributed by atoms with Crippen LogP contribution in [0.5, 0.6) is 5.75 Å². The summed E-state index contributed by atoms with van der Waals surface area (Å²) in [5.41, 5.74) is 3.55. The van der Waals surface area contributed by atoms with Gasteiger partial charge in [-0.1, -0.05) is 137 Å². The van der Waals surface area contributed by atoms with Crippen molar-refractivity contribution in [2.45, 2.75) is 142 Å². The lowest BCUT2D eigenvalue weighted by Crippen LogP contribution is -2.18. The monoisotopic (exact) mass is 431 g/mol. The Morgan fingerprint density at radius 3 is 1.60 bits per heavy atom. The highest BCUT2D eigenvalue weighted by molar-refractivity contribution is 6.57. The highest BCUT2D eigenvalue weighted by Crippen LogP contribution is 2.40. The molecular formula is C28H51OSi. The van der Waals surface area contributed by atoms with Crippen LogP contribution in [0, 0.1) is 0 Å². The number of aromatic hydroxyl groups is 1. The van der Waals surface area contributed by atoms with Crippen molar-refractivity contribution >= 4 is 8.80 Å². The number of phenolic OH excluding ortho intramolecular Hbond substituents is 1. The Morgan fingerprint density at radius 1 is 0.700 bits per heavy atom. The number of benzene rings is 1. The van der Waals surface area contributed by atoms with E-state index in [1.54, 1.807) is 0 Å². The summed E-state index contributed by atoms with van der Waals surface area (Å²) in [6, 6.07) is 7.43. The zero-order valence-electron chi connectivity index (χ0n) is 21.6. The van der Waals surface area contributed by atoms with E-state index in [0.717, 1.165) is 17.5 Å². The van der Waals surface area contributed by atoms with Crippen molar-refractivity contribution in [2.24, 2.45) is 0 Å². The van der Waals surface area contributed by atoms with Gasteiger partial charge in [-0.05, 0) is 33.9 Å². The highest BCUT2D eigenvalue weighted by Gasteiger charge is 2.26. The van der Waals surface area contributed by atoms with Crippen LogP contribution in [-0.2, 0) is 17.3 Å². The number of hydrogen-bond acceptors (Lipinski definition) is 1. The molecule has 0 heterocycles. The summed E-state index contributed by atoms with van der Waals surface area (Å²) in [5, 5.41) is 10.9. The van der Waals surface area contributed by atoms with Gasteiger partial charge >= 0.3 is 0 Å². The Hall–Kier alpha value is -0.763. The van der Waals surface area contributed by atoms with Gasteiger partial charge in [0.2, 0.25) is 0 Å². The van der Waals surface area contributed by atoms with Crippen molar-refractivity contribution in [1.82, 2.24) is 0 Å². The molecule has 1 aromatic carbocycles. The van der Waals surface area contributed by atoms with Gasteiger partial charge in [-0.3, -0.25) is 0 Å². The summed E-state index contributed by atoms with van der Waals surface area (Å²) < 4.78 is 0. The van der Waals surface area contributed by atoms with Crippen LogP contribution >= 0.6 is 0 Å². The fourth-order valence-corrected chi connectivity index (χ4v) is 6.15. The molecule has 0 aliphatic carbocycles. The van der Waals surface area contributed by atoms with E-state index in [2.05, 4.69) is 67.1 Å². The van der Waals surface area contributed by atoms with Crippen molar-refractivity contribution in [3.63, 3.8) is 0 Å². The molecule has 0 spiro atoms. The van der Waals surface area contributed by atoms with E-state index in [9.17, 15) is 5.11 Å². The van der Waals surface area contributed by atoms with Gasteiger partial charge in [-0.2, -0.15) is 0 Å². The van der Waals surface area contributed by atoms with E-state index in [4.69, 9.17) is 0 Å². The molecule has 0 atom stereocenters. The first-order valence-electron chi connectivity index (χ1n) is 12.6. The first-order chi connectivity index (χ1) is 14.0. The molecule has 1 N–H and O–H groups in total. The third-order valence-electron chi connectivity index (χ3n) is 6.31. The van der Waals surface area contributed by atoms with Crippen molar-refractivity contribution in [3.05, 3.63) is 28.8 Å². The van der Waals surface area contributed by atoms with Gasteiger partial charge in [0.05, 0.1) is 0 Å². The average Bonchev–Trinajstić information content (AvgIpc) is 2.63. The van der Waals surface area contributed by atoms with Gasteiger partial charge in [0.25, 0.3) is 0 Å². The van der Waals surface area contributed by atoms with Crippen LogP contribution in [0.25, 0.3) is 0 Å². The van der Waals surface area contributed by atoms with E-state index in [-0.39, 0.29) is 19.6 Å². The summed E-state index contributed by atoms with van der Waals surface area (Å²) >= 11 is 0. The molecule has 173 valence electrons. The van der Waals surface area contributed by atoms with Crippen molar-refractivity contribution in [1.29, 1.82) is 0 Å². The Kier molecular flexibility index (Phi) is 11.8. The second kappa shape index (κ2) is 12.9. The molecule has 1 rings (SSSR count). The largest absolute Gasteiger partial charge is 0.507 e. The molecule has 0 saturated heterocycles. The molecule has 30 heavy (non-hydrogen) atoms. The van der Waals surface area contributed by atoms with Gasteiger partial charge in [0, 0.05) is 8.80 Å². The highest BCUT2D eigenvalue weighted by atomic mass is 28.3. The van der Waals surface area contributed by atoms with E-state index in [1.807, 2.05) is 0 Å². The Balaban J connectivity index is 2.49. The summed E-state index contributed by atoms with van der Waals surface area (Å²) in [7, 11) is -0.194. The van der Waals surface area contributed by atoms with Gasteiger partial charge in [0.1, 0.15) is 5.75 Å². The predicted octanol–water partition coefficient (Wildman–Crippen LogP) is 9.19. The minimum Gasteiger partial charge on any atom is -0.507 e. The average molecular weight is 432 g/mol. The van der Waals surface area contributed by atoms with Crippen molar-refractivity contribution in [3.8, 4) is 5.75 Å². The molecule has 0 aliphatic rings. The molecule has 2 heteroatoms. The molecule has 0 aromatic heterocycles. The summed E-state index contributed by atoms with van der Waals surface area (Å²) in [4.78, 5) is 0. The van der Waals surface area contributed by atoms with Gasteiger partial charge in [-0.25, -0.2) is 0 Å². The molecule has 0 amide bonds. The molecule has 1 nitrogen and oxygen atoms in total. The van der Waals surface area contributed by atoms with Crippen LogP contribution in [0.1, 0.15) is 123 Å². The minimum absolute atomic E-state index is 0.0314. The van der Waals surface area contributed by atoms with E-state index >= 15 is 0 Å². The number of aryl methyl sites for hydroxylation is 1.